The molecule has 0 spiro atoms. The molecule has 11 heteroatoms. The number of hydrogen-bond acceptors (Lipinski definition) is 9. The van der Waals surface area contributed by atoms with E-state index < -0.39 is 45.9 Å². The van der Waals surface area contributed by atoms with Gasteiger partial charge in [0.15, 0.2) is 6.29 Å². The van der Waals surface area contributed by atoms with Crippen molar-refractivity contribution in [1.29, 1.82) is 0 Å². The first kappa shape index (κ1) is 26.8. The summed E-state index contributed by atoms with van der Waals surface area (Å²) in [6.07, 6.45) is -2.06. The van der Waals surface area contributed by atoms with E-state index in [1.165, 1.54) is 12.1 Å². The minimum Gasteiger partial charge on any atom is -0.444 e. The molecule has 0 fully saturated rings. The Kier molecular flexibility index (Phi) is 10.4. The Morgan fingerprint density at radius 3 is 2.29 bits per heavy atom. The first-order chi connectivity index (χ1) is 14.3. The van der Waals surface area contributed by atoms with Crippen LogP contribution < -0.4 is 10.1 Å². The molecule has 0 aromatic heterocycles. The lowest BCUT2D eigenvalue weighted by Crippen LogP contribution is -2.47. The molecule has 2 unspecified atom stereocenters. The molecule has 0 aliphatic rings. The molecule has 10 nitrogen and oxygen atoms in total. The Balaban J connectivity index is 2.74. The lowest BCUT2D eigenvalue weighted by molar-refractivity contribution is -0.133. The fourth-order valence-electron chi connectivity index (χ4n) is 2.39. The summed E-state index contributed by atoms with van der Waals surface area (Å²) in [5.74, 6) is -0.969. The van der Waals surface area contributed by atoms with E-state index in [1.807, 2.05) is 0 Å². The van der Waals surface area contributed by atoms with Crippen molar-refractivity contribution in [2.24, 2.45) is 0 Å². The standard InChI is InChI=1S/C20H31NO9S/c1-6-28-18(23)16(21-19(24)30-20(2,3)4)13-14-7-9-15(10-8-14)29-17(22)11-12-31(25,26)27-5/h7-10,16,18,23H,6,11-13H2,1-5H3,(H,21,24). The molecule has 1 amide bonds. The average molecular weight is 462 g/mol. The quantitative estimate of drug-likeness (QED) is 0.218. The van der Waals surface area contributed by atoms with Crippen LogP contribution >= 0.6 is 0 Å². The highest BCUT2D eigenvalue weighted by Gasteiger charge is 2.25. The molecule has 1 aromatic carbocycles. The predicted molar refractivity (Wildman–Crippen MR) is 112 cm³/mol. The SMILES string of the molecule is CCOC(O)C(Cc1ccc(OC(=O)CCS(=O)(=O)OC)cc1)NC(=O)OC(C)(C)C. The van der Waals surface area contributed by atoms with Gasteiger partial charge in [0.05, 0.1) is 25.3 Å². The zero-order valence-electron chi connectivity index (χ0n) is 18.4. The maximum Gasteiger partial charge on any atom is 0.408 e. The second-order valence-corrected chi connectivity index (χ2v) is 9.46. The molecule has 0 bridgehead atoms. The number of aliphatic hydroxyl groups excluding tert-OH is 1. The van der Waals surface area contributed by atoms with E-state index >= 15 is 0 Å². The van der Waals surface area contributed by atoms with Gasteiger partial charge >= 0.3 is 12.1 Å². The largest absolute Gasteiger partial charge is 0.444 e. The van der Waals surface area contributed by atoms with Crippen molar-refractivity contribution in [3.8, 4) is 5.75 Å². The predicted octanol–water partition coefficient (Wildman–Crippen LogP) is 1.75. The van der Waals surface area contributed by atoms with Crippen LogP contribution in [0.25, 0.3) is 0 Å². The summed E-state index contributed by atoms with van der Waals surface area (Å²) in [6, 6.07) is 5.57. The topological polar surface area (TPSA) is 137 Å². The fraction of sp³-hybridized carbons (Fsp3) is 0.600. The number of nitrogens with one attached hydrogen (secondary N) is 1. The van der Waals surface area contributed by atoms with Gasteiger partial charge in [0.2, 0.25) is 0 Å². The van der Waals surface area contributed by atoms with Crippen LogP contribution in [0.4, 0.5) is 4.79 Å². The van der Waals surface area contributed by atoms with E-state index in [4.69, 9.17) is 14.2 Å². The molecule has 2 N–H and O–H groups in total. The minimum absolute atomic E-state index is 0.223. The van der Waals surface area contributed by atoms with Gasteiger partial charge < -0.3 is 24.6 Å². The monoisotopic (exact) mass is 461 g/mol. The molecule has 0 aliphatic heterocycles. The van der Waals surface area contributed by atoms with Crippen LogP contribution in [0.15, 0.2) is 24.3 Å². The molecule has 0 heterocycles. The van der Waals surface area contributed by atoms with E-state index in [1.54, 1.807) is 39.8 Å². The molecule has 31 heavy (non-hydrogen) atoms. The molecule has 1 rings (SSSR count). The summed E-state index contributed by atoms with van der Waals surface area (Å²) in [5.41, 5.74) is 0.0285. The number of rotatable bonds is 11. The molecule has 0 saturated carbocycles. The fourth-order valence-corrected chi connectivity index (χ4v) is 2.97. The second kappa shape index (κ2) is 12.0. The van der Waals surface area contributed by atoms with E-state index in [0.29, 0.717) is 0 Å². The van der Waals surface area contributed by atoms with Gasteiger partial charge in [0.25, 0.3) is 10.1 Å². The highest BCUT2D eigenvalue weighted by molar-refractivity contribution is 7.86. The van der Waals surface area contributed by atoms with E-state index in [0.717, 1.165) is 12.7 Å². The first-order valence-corrected chi connectivity index (χ1v) is 11.3. The lowest BCUT2D eigenvalue weighted by Gasteiger charge is -2.26. The van der Waals surface area contributed by atoms with E-state index in [9.17, 15) is 23.1 Å². The van der Waals surface area contributed by atoms with Crippen LogP contribution in [0.3, 0.4) is 0 Å². The van der Waals surface area contributed by atoms with Gasteiger partial charge in [-0.1, -0.05) is 12.1 Å². The van der Waals surface area contributed by atoms with Crippen molar-refractivity contribution in [3.63, 3.8) is 0 Å². The number of esters is 1. The summed E-state index contributed by atoms with van der Waals surface area (Å²) in [4.78, 5) is 23.9. The highest BCUT2D eigenvalue weighted by atomic mass is 32.2. The molecular weight excluding hydrogens is 430 g/mol. The Hall–Kier alpha value is -2.21. The van der Waals surface area contributed by atoms with Crippen LogP contribution in [0.5, 0.6) is 5.75 Å². The maximum atomic E-state index is 12.1. The molecule has 176 valence electrons. The van der Waals surface area contributed by atoms with Crippen LogP contribution in [0.1, 0.15) is 39.7 Å². The molecule has 1 aromatic rings. The average Bonchev–Trinajstić information content (AvgIpc) is 2.66. The van der Waals surface area contributed by atoms with Gasteiger partial charge in [-0.3, -0.25) is 8.98 Å². The van der Waals surface area contributed by atoms with Crippen molar-refractivity contribution in [3.05, 3.63) is 29.8 Å². The van der Waals surface area contributed by atoms with Crippen LogP contribution in [0.2, 0.25) is 0 Å². The number of carbonyl (C=O) groups excluding carboxylic acids is 2. The molecule has 2 atom stereocenters. The summed E-state index contributed by atoms with van der Waals surface area (Å²) in [7, 11) is -2.72. The zero-order chi connectivity index (χ0) is 23.7. The Bertz CT molecular complexity index is 816. The van der Waals surface area contributed by atoms with E-state index in [2.05, 4.69) is 9.50 Å². The highest BCUT2D eigenvalue weighted by Crippen LogP contribution is 2.16. The number of benzene rings is 1. The first-order valence-electron chi connectivity index (χ1n) is 9.72. The van der Waals surface area contributed by atoms with Crippen molar-refractivity contribution in [2.75, 3.05) is 19.5 Å². The third-order valence-corrected chi connectivity index (χ3v) is 5.02. The Morgan fingerprint density at radius 2 is 1.77 bits per heavy atom. The number of ether oxygens (including phenoxy) is 3. The van der Waals surface area contributed by atoms with Crippen molar-refractivity contribution >= 4 is 22.2 Å². The second-order valence-electron chi connectivity index (χ2n) is 7.60. The number of aliphatic hydroxyl groups is 1. The maximum absolute atomic E-state index is 12.1. The van der Waals surface area contributed by atoms with Crippen LogP contribution in [-0.4, -0.2) is 63.0 Å². The number of amides is 1. The van der Waals surface area contributed by atoms with Crippen molar-refractivity contribution in [2.45, 2.75) is 58.5 Å². The third kappa shape index (κ3) is 11.1. The summed E-state index contributed by atoms with van der Waals surface area (Å²) in [5, 5.41) is 12.8. The Labute approximate surface area is 182 Å². The molecule has 0 radical (unpaired) electrons. The minimum atomic E-state index is -3.74. The summed E-state index contributed by atoms with van der Waals surface area (Å²) in [6.45, 7) is 7.15. The van der Waals surface area contributed by atoms with E-state index in [-0.39, 0.29) is 25.2 Å². The van der Waals surface area contributed by atoms with Gasteiger partial charge in [0.1, 0.15) is 11.4 Å². The lowest BCUT2D eigenvalue weighted by atomic mass is 10.1. The van der Waals surface area contributed by atoms with Gasteiger partial charge in [-0.05, 0) is 51.8 Å². The van der Waals surface area contributed by atoms with Gasteiger partial charge in [-0.2, -0.15) is 8.42 Å². The third-order valence-electron chi connectivity index (χ3n) is 3.80. The molecule has 0 saturated heterocycles. The van der Waals surface area contributed by atoms with Crippen molar-refractivity contribution in [1.82, 2.24) is 5.32 Å². The van der Waals surface area contributed by atoms with Gasteiger partial charge in [0, 0.05) is 6.61 Å². The number of carbonyl (C=O) groups is 2. The number of hydrogen-bond donors (Lipinski definition) is 2. The molecular formula is C20H31NO9S. The summed E-state index contributed by atoms with van der Waals surface area (Å²) < 4.78 is 42.3. The number of alkyl carbamates (subject to hydrolysis) is 1. The van der Waals surface area contributed by atoms with Gasteiger partial charge in [-0.15, -0.1) is 0 Å². The van der Waals surface area contributed by atoms with Crippen LogP contribution in [0, 0.1) is 0 Å². The smallest absolute Gasteiger partial charge is 0.408 e. The Morgan fingerprint density at radius 1 is 1.16 bits per heavy atom. The van der Waals surface area contributed by atoms with Gasteiger partial charge in [-0.25, -0.2) is 4.79 Å². The zero-order valence-corrected chi connectivity index (χ0v) is 19.2. The van der Waals surface area contributed by atoms with Crippen molar-refractivity contribution < 1.29 is 41.5 Å². The summed E-state index contributed by atoms with van der Waals surface area (Å²) >= 11 is 0. The van der Waals surface area contributed by atoms with Crippen LogP contribution in [-0.2, 0) is 35.0 Å². The molecule has 0 aliphatic carbocycles. The normalized spacial score (nSPS) is 13.9.